The summed E-state index contributed by atoms with van der Waals surface area (Å²) >= 11 is 1.27. The van der Waals surface area contributed by atoms with E-state index in [0.717, 1.165) is 17.5 Å². The van der Waals surface area contributed by atoms with Gasteiger partial charge in [0.15, 0.2) is 5.01 Å². The largest absolute Gasteiger partial charge is 0.311 e. The number of rotatable bonds is 5. The Kier molecular flexibility index (Phi) is 4.35. The summed E-state index contributed by atoms with van der Waals surface area (Å²) in [6.45, 7) is 2.00. The third-order valence-electron chi connectivity index (χ3n) is 2.88. The summed E-state index contributed by atoms with van der Waals surface area (Å²) < 4.78 is 13.1. The van der Waals surface area contributed by atoms with E-state index in [1.54, 1.807) is 0 Å². The molecular weight excluding hydrogens is 283 g/mol. The van der Waals surface area contributed by atoms with E-state index < -0.39 is 10.7 Å². The molecule has 0 saturated heterocycles. The first kappa shape index (κ1) is 14.5. The highest BCUT2D eigenvalue weighted by atomic mass is 32.1. The average Bonchev–Trinajstić information content (AvgIpc) is 2.89. The Morgan fingerprint density at radius 1 is 1.50 bits per heavy atom. The smallest absolute Gasteiger partial charge is 0.282 e. The van der Waals surface area contributed by atoms with Crippen LogP contribution in [0.25, 0.3) is 10.6 Å². The number of hydrogen-bond acceptors (Lipinski definition) is 6. The van der Waals surface area contributed by atoms with Gasteiger partial charge in [0.1, 0.15) is 10.8 Å². The number of nitrogens with zero attached hydrogens (tertiary/aromatic N) is 3. The van der Waals surface area contributed by atoms with Gasteiger partial charge in [-0.1, -0.05) is 18.3 Å². The molecular formula is C12H13FN4O2S. The van der Waals surface area contributed by atoms with Gasteiger partial charge < -0.3 is 5.32 Å². The Hall–Kier alpha value is -1.93. The fourth-order valence-electron chi connectivity index (χ4n) is 1.82. The van der Waals surface area contributed by atoms with Crippen molar-refractivity contribution in [3.8, 4) is 10.6 Å². The van der Waals surface area contributed by atoms with Crippen LogP contribution in [-0.2, 0) is 0 Å². The van der Waals surface area contributed by atoms with Crippen molar-refractivity contribution in [1.29, 1.82) is 0 Å². The number of benzene rings is 1. The van der Waals surface area contributed by atoms with E-state index in [1.165, 1.54) is 23.5 Å². The van der Waals surface area contributed by atoms with E-state index in [0.29, 0.717) is 5.01 Å². The minimum atomic E-state index is -0.646. The Bertz CT molecular complexity index is 628. The molecule has 0 aliphatic heterocycles. The molecule has 0 aliphatic rings. The molecule has 1 aromatic heterocycles. The maximum atomic E-state index is 13.1. The van der Waals surface area contributed by atoms with E-state index in [9.17, 15) is 14.5 Å². The lowest BCUT2D eigenvalue weighted by molar-refractivity contribution is -0.384. The maximum absolute atomic E-state index is 13.1. The number of nitrogens with one attached hydrogen (secondary N) is 1. The first-order valence-electron chi connectivity index (χ1n) is 6.01. The summed E-state index contributed by atoms with van der Waals surface area (Å²) in [5.74, 6) is -0.646. The van der Waals surface area contributed by atoms with Gasteiger partial charge >= 0.3 is 0 Å². The van der Waals surface area contributed by atoms with Crippen LogP contribution in [-0.4, -0.2) is 22.2 Å². The average molecular weight is 296 g/mol. The molecule has 0 amide bonds. The van der Waals surface area contributed by atoms with Crippen LogP contribution in [0.15, 0.2) is 18.2 Å². The van der Waals surface area contributed by atoms with Crippen LogP contribution in [0.4, 0.5) is 10.1 Å². The predicted octanol–water partition coefficient (Wildman–Crippen LogP) is 2.92. The van der Waals surface area contributed by atoms with E-state index in [1.807, 2.05) is 14.0 Å². The van der Waals surface area contributed by atoms with Crippen molar-refractivity contribution in [3.63, 3.8) is 0 Å². The first-order chi connectivity index (χ1) is 9.56. The minimum Gasteiger partial charge on any atom is -0.311 e. The van der Waals surface area contributed by atoms with Crippen molar-refractivity contribution in [3.05, 3.63) is 39.1 Å². The van der Waals surface area contributed by atoms with Gasteiger partial charge in [-0.25, -0.2) is 4.39 Å². The van der Waals surface area contributed by atoms with Crippen LogP contribution < -0.4 is 5.32 Å². The summed E-state index contributed by atoms with van der Waals surface area (Å²) in [6.07, 6.45) is 0.830. The van der Waals surface area contributed by atoms with Crippen LogP contribution in [0.5, 0.6) is 0 Å². The Morgan fingerprint density at radius 3 is 2.85 bits per heavy atom. The van der Waals surface area contributed by atoms with Crippen molar-refractivity contribution in [2.45, 2.75) is 19.4 Å². The number of halogens is 1. The second kappa shape index (κ2) is 6.02. The lowest BCUT2D eigenvalue weighted by Gasteiger charge is -2.08. The van der Waals surface area contributed by atoms with Crippen LogP contribution in [0, 0.1) is 15.9 Å². The van der Waals surface area contributed by atoms with Gasteiger partial charge in [-0.15, -0.1) is 10.2 Å². The van der Waals surface area contributed by atoms with E-state index in [-0.39, 0.29) is 17.3 Å². The highest BCUT2D eigenvalue weighted by Crippen LogP contribution is 2.34. The van der Waals surface area contributed by atoms with Crippen molar-refractivity contribution in [2.75, 3.05) is 7.05 Å². The molecule has 2 rings (SSSR count). The third-order valence-corrected chi connectivity index (χ3v) is 3.95. The molecule has 106 valence electrons. The Balaban J connectivity index is 2.44. The van der Waals surface area contributed by atoms with E-state index in [4.69, 9.17) is 0 Å². The molecule has 1 unspecified atom stereocenters. The third kappa shape index (κ3) is 2.81. The highest BCUT2D eigenvalue weighted by molar-refractivity contribution is 7.14. The van der Waals surface area contributed by atoms with Gasteiger partial charge in [0.25, 0.3) is 5.69 Å². The Morgan fingerprint density at radius 2 is 2.25 bits per heavy atom. The normalized spacial score (nSPS) is 12.3. The van der Waals surface area contributed by atoms with Gasteiger partial charge in [-0.05, 0) is 25.6 Å². The molecule has 1 heterocycles. The number of nitro groups is 1. The highest BCUT2D eigenvalue weighted by Gasteiger charge is 2.21. The molecule has 0 bridgehead atoms. The van der Waals surface area contributed by atoms with Gasteiger partial charge in [-0.2, -0.15) is 0 Å². The number of aromatic nitrogens is 2. The standard InChI is InChI=1S/C12H13FN4O2S/c1-3-9(14-2)12-16-15-11(20-12)8-5-4-7(13)6-10(8)17(18)19/h4-6,9,14H,3H2,1-2H3. The van der Waals surface area contributed by atoms with Crippen molar-refractivity contribution >= 4 is 17.0 Å². The zero-order valence-electron chi connectivity index (χ0n) is 11.0. The summed E-state index contributed by atoms with van der Waals surface area (Å²) in [4.78, 5) is 10.4. The molecule has 8 heteroatoms. The molecule has 0 radical (unpaired) electrons. The van der Waals surface area contributed by atoms with E-state index in [2.05, 4.69) is 15.5 Å². The Labute approximate surface area is 118 Å². The number of nitro benzene ring substituents is 1. The molecule has 0 spiro atoms. The quantitative estimate of drug-likeness (QED) is 0.677. The zero-order valence-corrected chi connectivity index (χ0v) is 11.8. The van der Waals surface area contributed by atoms with Gasteiger partial charge in [0.05, 0.1) is 22.6 Å². The molecule has 1 atom stereocenters. The summed E-state index contributed by atoms with van der Waals surface area (Å²) in [6, 6.07) is 3.49. The summed E-state index contributed by atoms with van der Waals surface area (Å²) in [7, 11) is 1.82. The second-order valence-corrected chi connectivity index (χ2v) is 5.12. The van der Waals surface area contributed by atoms with Gasteiger partial charge in [0.2, 0.25) is 0 Å². The first-order valence-corrected chi connectivity index (χ1v) is 6.83. The van der Waals surface area contributed by atoms with Crippen LogP contribution in [0.1, 0.15) is 24.4 Å². The lowest BCUT2D eigenvalue weighted by atomic mass is 10.2. The second-order valence-electron chi connectivity index (χ2n) is 4.11. The topological polar surface area (TPSA) is 81.0 Å². The lowest BCUT2D eigenvalue weighted by Crippen LogP contribution is -2.14. The maximum Gasteiger partial charge on any atom is 0.282 e. The van der Waals surface area contributed by atoms with Crippen LogP contribution in [0.3, 0.4) is 0 Å². The van der Waals surface area contributed by atoms with Crippen molar-refractivity contribution in [1.82, 2.24) is 15.5 Å². The molecule has 1 aromatic carbocycles. The van der Waals surface area contributed by atoms with Gasteiger partial charge in [0, 0.05) is 0 Å². The van der Waals surface area contributed by atoms with E-state index >= 15 is 0 Å². The molecule has 0 saturated carbocycles. The van der Waals surface area contributed by atoms with Crippen molar-refractivity contribution < 1.29 is 9.31 Å². The molecule has 1 N–H and O–H groups in total. The molecule has 6 nitrogen and oxygen atoms in total. The number of hydrogen-bond donors (Lipinski definition) is 1. The fourth-order valence-corrected chi connectivity index (χ4v) is 2.89. The molecule has 20 heavy (non-hydrogen) atoms. The molecule has 0 fully saturated rings. The summed E-state index contributed by atoms with van der Waals surface area (Å²) in [5.41, 5.74) is -0.0173. The zero-order chi connectivity index (χ0) is 14.7. The van der Waals surface area contributed by atoms with Crippen LogP contribution >= 0.6 is 11.3 Å². The molecule has 0 aliphatic carbocycles. The monoisotopic (exact) mass is 296 g/mol. The fraction of sp³-hybridized carbons (Fsp3) is 0.333. The SMILES string of the molecule is CCC(NC)c1nnc(-c2ccc(F)cc2[N+](=O)[O-])s1. The predicted molar refractivity (Wildman–Crippen MR) is 74.0 cm³/mol. The summed E-state index contributed by atoms with van der Waals surface area (Å²) in [5, 5.41) is 23.3. The molecule has 2 aromatic rings. The van der Waals surface area contributed by atoms with Gasteiger partial charge in [-0.3, -0.25) is 10.1 Å². The van der Waals surface area contributed by atoms with Crippen molar-refractivity contribution in [2.24, 2.45) is 0 Å². The minimum absolute atomic E-state index is 0.0563. The van der Waals surface area contributed by atoms with Crippen LogP contribution in [0.2, 0.25) is 0 Å².